The molecular weight excluding hydrogens is 354 g/mol. The van der Waals surface area contributed by atoms with Gasteiger partial charge in [-0.1, -0.05) is 12.1 Å². The highest BCUT2D eigenvalue weighted by molar-refractivity contribution is 5.91. The van der Waals surface area contributed by atoms with E-state index in [9.17, 15) is 9.59 Å². The van der Waals surface area contributed by atoms with Crippen LogP contribution in [-0.2, 0) is 9.59 Å². The molecule has 2 saturated heterocycles. The average Bonchev–Trinajstić information content (AvgIpc) is 3.40. The second kappa shape index (κ2) is 6.98. The maximum Gasteiger partial charge on any atom is 0.245 e. The molecule has 4 aliphatic rings. The van der Waals surface area contributed by atoms with Gasteiger partial charge in [0.25, 0.3) is 0 Å². The highest BCUT2D eigenvalue weighted by Gasteiger charge is 2.54. The lowest BCUT2D eigenvalue weighted by Crippen LogP contribution is -2.58. The number of fused-ring (bicyclic) bond motifs is 2. The average molecular weight is 383 g/mol. The van der Waals surface area contributed by atoms with E-state index in [1.54, 1.807) is 7.11 Å². The summed E-state index contributed by atoms with van der Waals surface area (Å²) in [6, 6.07) is 8.15. The number of hydrogen-bond acceptors (Lipinski definition) is 4. The third-order valence-electron chi connectivity index (χ3n) is 7.04. The maximum atomic E-state index is 13.4. The summed E-state index contributed by atoms with van der Waals surface area (Å²) in [4.78, 5) is 32.5. The maximum absolute atomic E-state index is 13.4. The number of hydrogen-bond donors (Lipinski definition) is 0. The highest BCUT2D eigenvalue weighted by atomic mass is 16.5. The van der Waals surface area contributed by atoms with Crippen LogP contribution in [0.5, 0.6) is 5.75 Å². The zero-order valence-corrected chi connectivity index (χ0v) is 16.5. The Labute approximate surface area is 166 Å². The largest absolute Gasteiger partial charge is 0.495 e. The lowest BCUT2D eigenvalue weighted by Gasteiger charge is -2.41. The number of carbonyl (C=O) groups excluding carboxylic acids is 2. The van der Waals surface area contributed by atoms with Crippen LogP contribution < -0.4 is 9.64 Å². The Kier molecular flexibility index (Phi) is 4.44. The predicted octanol–water partition coefficient (Wildman–Crippen LogP) is 2.13. The number of amides is 2. The number of ether oxygens (including phenoxy) is 1. The zero-order valence-electron chi connectivity index (χ0n) is 16.5. The fourth-order valence-corrected chi connectivity index (χ4v) is 5.41. The first-order valence-electron chi connectivity index (χ1n) is 10.7. The van der Waals surface area contributed by atoms with E-state index in [4.69, 9.17) is 4.74 Å². The first kappa shape index (κ1) is 17.8. The fraction of sp³-hybridized carbons (Fsp3) is 0.636. The van der Waals surface area contributed by atoms with E-state index in [0.29, 0.717) is 25.0 Å². The summed E-state index contributed by atoms with van der Waals surface area (Å²) >= 11 is 0. The monoisotopic (exact) mass is 383 g/mol. The minimum Gasteiger partial charge on any atom is -0.495 e. The SMILES string of the molecule is COc1ccccc1N1CCN(C(=O)[C@@H]2[C@H]3CC[C@@H](C3)N2C(=O)C2CC2)CC1. The van der Waals surface area contributed by atoms with Crippen LogP contribution >= 0.6 is 0 Å². The van der Waals surface area contributed by atoms with Gasteiger partial charge in [-0.15, -0.1) is 0 Å². The van der Waals surface area contributed by atoms with Crippen molar-refractivity contribution in [1.82, 2.24) is 9.80 Å². The molecule has 6 nitrogen and oxygen atoms in total. The molecule has 150 valence electrons. The molecule has 2 bridgehead atoms. The van der Waals surface area contributed by atoms with Gasteiger partial charge in [0, 0.05) is 38.1 Å². The summed E-state index contributed by atoms with van der Waals surface area (Å²) in [7, 11) is 1.69. The molecule has 0 aromatic heterocycles. The van der Waals surface area contributed by atoms with Crippen molar-refractivity contribution in [3.05, 3.63) is 24.3 Å². The number of carbonyl (C=O) groups is 2. The lowest BCUT2D eigenvalue weighted by atomic mass is 9.96. The summed E-state index contributed by atoms with van der Waals surface area (Å²) in [5, 5.41) is 0. The van der Waals surface area contributed by atoms with Crippen molar-refractivity contribution in [1.29, 1.82) is 0 Å². The van der Waals surface area contributed by atoms with E-state index in [1.165, 1.54) is 0 Å². The molecule has 6 heteroatoms. The van der Waals surface area contributed by atoms with Gasteiger partial charge >= 0.3 is 0 Å². The standard InChI is InChI=1S/C22H29N3O3/c1-28-19-5-3-2-4-18(19)23-10-12-24(13-11-23)22(27)20-16-8-9-17(14-16)25(20)21(26)15-6-7-15/h2-5,15-17,20H,6-14H2,1H3/t16-,17-,20-/m0/s1. The van der Waals surface area contributed by atoms with E-state index in [0.717, 1.165) is 56.6 Å². The van der Waals surface area contributed by atoms with E-state index in [2.05, 4.69) is 11.0 Å². The van der Waals surface area contributed by atoms with Crippen LogP contribution in [0.4, 0.5) is 5.69 Å². The molecule has 0 N–H and O–H groups in total. The van der Waals surface area contributed by atoms with Crippen molar-refractivity contribution >= 4 is 17.5 Å². The Morgan fingerprint density at radius 3 is 2.43 bits per heavy atom. The Balaban J connectivity index is 1.27. The highest BCUT2D eigenvalue weighted by Crippen LogP contribution is 2.46. The molecule has 1 aromatic rings. The number of rotatable bonds is 4. The molecular formula is C22H29N3O3. The van der Waals surface area contributed by atoms with Gasteiger partial charge in [0.05, 0.1) is 12.8 Å². The van der Waals surface area contributed by atoms with Crippen molar-refractivity contribution in [2.45, 2.75) is 44.2 Å². The Hall–Kier alpha value is -2.24. The third kappa shape index (κ3) is 2.93. The number of para-hydroxylation sites is 2. The van der Waals surface area contributed by atoms with Crippen LogP contribution in [0.2, 0.25) is 0 Å². The van der Waals surface area contributed by atoms with Crippen molar-refractivity contribution in [3.63, 3.8) is 0 Å². The van der Waals surface area contributed by atoms with Crippen LogP contribution in [0.15, 0.2) is 24.3 Å². The number of anilines is 1. The van der Waals surface area contributed by atoms with Crippen LogP contribution in [0.1, 0.15) is 32.1 Å². The fourth-order valence-electron chi connectivity index (χ4n) is 5.41. The minimum atomic E-state index is -0.204. The van der Waals surface area contributed by atoms with E-state index < -0.39 is 0 Å². The van der Waals surface area contributed by atoms with Crippen molar-refractivity contribution in [2.24, 2.45) is 11.8 Å². The molecule has 5 rings (SSSR count). The lowest BCUT2D eigenvalue weighted by molar-refractivity contribution is -0.149. The smallest absolute Gasteiger partial charge is 0.245 e. The molecule has 2 aliphatic carbocycles. The van der Waals surface area contributed by atoms with E-state index in [-0.39, 0.29) is 23.8 Å². The normalized spacial score (nSPS) is 29.3. The Morgan fingerprint density at radius 1 is 0.964 bits per heavy atom. The first-order valence-corrected chi connectivity index (χ1v) is 10.7. The van der Waals surface area contributed by atoms with Crippen LogP contribution in [0.3, 0.4) is 0 Å². The van der Waals surface area contributed by atoms with Gasteiger partial charge in [-0.05, 0) is 50.2 Å². The Bertz CT molecular complexity index is 770. The van der Waals surface area contributed by atoms with Gasteiger partial charge in [-0.3, -0.25) is 9.59 Å². The molecule has 1 aromatic carbocycles. The van der Waals surface area contributed by atoms with Crippen LogP contribution in [0, 0.1) is 11.8 Å². The molecule has 0 spiro atoms. The van der Waals surface area contributed by atoms with Crippen LogP contribution in [-0.4, -0.2) is 67.0 Å². The van der Waals surface area contributed by atoms with Gasteiger partial charge in [0.15, 0.2) is 0 Å². The molecule has 2 amide bonds. The molecule has 0 unspecified atom stereocenters. The number of piperidine rings is 1. The van der Waals surface area contributed by atoms with Crippen molar-refractivity contribution in [2.75, 3.05) is 38.2 Å². The van der Waals surface area contributed by atoms with Crippen molar-refractivity contribution < 1.29 is 14.3 Å². The van der Waals surface area contributed by atoms with Gasteiger partial charge in [-0.25, -0.2) is 0 Å². The number of likely N-dealkylation sites (tertiary alicyclic amines) is 1. The zero-order chi connectivity index (χ0) is 19.3. The summed E-state index contributed by atoms with van der Waals surface area (Å²) in [5.74, 6) is 1.86. The topological polar surface area (TPSA) is 53.1 Å². The van der Waals surface area contributed by atoms with Gasteiger partial charge in [-0.2, -0.15) is 0 Å². The Morgan fingerprint density at radius 2 is 1.71 bits per heavy atom. The summed E-state index contributed by atoms with van der Waals surface area (Å²) in [6.07, 6.45) is 5.21. The second-order valence-corrected chi connectivity index (χ2v) is 8.68. The minimum absolute atomic E-state index is 0.181. The molecule has 2 saturated carbocycles. The quantitative estimate of drug-likeness (QED) is 0.799. The molecule has 0 radical (unpaired) electrons. The number of piperazine rings is 1. The van der Waals surface area contributed by atoms with Crippen LogP contribution in [0.25, 0.3) is 0 Å². The second-order valence-electron chi connectivity index (χ2n) is 8.68. The molecule has 28 heavy (non-hydrogen) atoms. The van der Waals surface area contributed by atoms with Gasteiger partial charge < -0.3 is 19.4 Å². The van der Waals surface area contributed by atoms with Gasteiger partial charge in [0.1, 0.15) is 11.8 Å². The van der Waals surface area contributed by atoms with E-state index in [1.807, 2.05) is 28.0 Å². The summed E-state index contributed by atoms with van der Waals surface area (Å²) < 4.78 is 5.49. The first-order chi connectivity index (χ1) is 13.7. The molecule has 2 heterocycles. The molecule has 3 atom stereocenters. The predicted molar refractivity (Wildman–Crippen MR) is 106 cm³/mol. The number of nitrogens with zero attached hydrogens (tertiary/aromatic N) is 3. The molecule has 2 aliphatic heterocycles. The van der Waals surface area contributed by atoms with E-state index >= 15 is 0 Å². The summed E-state index contributed by atoms with van der Waals surface area (Å²) in [6.45, 7) is 3.00. The van der Waals surface area contributed by atoms with Gasteiger partial charge in [0.2, 0.25) is 11.8 Å². The summed E-state index contributed by atoms with van der Waals surface area (Å²) in [5.41, 5.74) is 1.09. The number of benzene rings is 1. The third-order valence-corrected chi connectivity index (χ3v) is 7.04. The number of methoxy groups -OCH3 is 1. The van der Waals surface area contributed by atoms with Crippen molar-refractivity contribution in [3.8, 4) is 5.75 Å². The molecule has 4 fully saturated rings.